The van der Waals surface area contributed by atoms with Crippen LogP contribution in [0.15, 0.2) is 12.1 Å². The number of fused-ring (bicyclic) bond motifs is 1. The van der Waals surface area contributed by atoms with Gasteiger partial charge in [0.15, 0.2) is 0 Å². The Bertz CT molecular complexity index is 923. The maximum atomic E-state index is 11.8. The highest BCUT2D eigenvalue weighted by atomic mass is 32.1. The first-order valence-corrected chi connectivity index (χ1v) is 10.3. The van der Waals surface area contributed by atoms with Crippen molar-refractivity contribution in [2.45, 2.75) is 51.8 Å². The van der Waals surface area contributed by atoms with Gasteiger partial charge in [0.25, 0.3) is 5.69 Å². The van der Waals surface area contributed by atoms with Crippen LogP contribution >= 0.6 is 11.3 Å². The zero-order valence-electron chi connectivity index (χ0n) is 17.0. The molecule has 2 heterocycles. The lowest BCUT2D eigenvalue weighted by Crippen LogP contribution is -2.51. The monoisotopic (exact) mass is 422 g/mol. The molecule has 29 heavy (non-hydrogen) atoms. The van der Waals surface area contributed by atoms with Gasteiger partial charge in [0.05, 0.1) is 16.2 Å². The summed E-state index contributed by atoms with van der Waals surface area (Å²) in [5, 5.41) is 22.2. The number of aromatic nitrogens is 1. The molecule has 0 aliphatic carbocycles. The van der Waals surface area contributed by atoms with E-state index in [2.05, 4.69) is 4.98 Å². The van der Waals surface area contributed by atoms with Crippen LogP contribution in [0.3, 0.4) is 0 Å². The molecule has 9 nitrogen and oxygen atoms in total. The fraction of sp³-hybridized carbons (Fsp3) is 0.579. The number of nitro benzene ring substituents is 1. The van der Waals surface area contributed by atoms with Gasteiger partial charge in [-0.3, -0.25) is 10.1 Å². The maximum Gasteiger partial charge on any atom is 0.407 e. The molecule has 2 aromatic rings. The van der Waals surface area contributed by atoms with Gasteiger partial charge < -0.3 is 19.6 Å². The number of anilines is 1. The standard InChI is InChI=1S/C19H26N4O5S/c1-19(2,3)22(18(24)25)10-12-6-5-9-21(12)17-13(23(26)27)7-8-14-16(17)20-15(29-14)11-28-4/h7-8,12H,5-6,9-11H2,1-4H3,(H,24,25)/t12-/m0/s1. The van der Waals surface area contributed by atoms with Crippen molar-refractivity contribution < 1.29 is 19.6 Å². The van der Waals surface area contributed by atoms with E-state index in [9.17, 15) is 20.0 Å². The highest BCUT2D eigenvalue weighted by molar-refractivity contribution is 7.18. The molecule has 158 valence electrons. The van der Waals surface area contributed by atoms with E-state index in [4.69, 9.17) is 4.74 Å². The number of thiazole rings is 1. The number of carboxylic acid groups (broad SMARTS) is 1. The molecule has 1 saturated heterocycles. The minimum absolute atomic E-state index is 0.00343. The Balaban J connectivity index is 2.06. The molecule has 0 spiro atoms. The summed E-state index contributed by atoms with van der Waals surface area (Å²) in [6.07, 6.45) is 0.612. The molecule has 1 aromatic heterocycles. The summed E-state index contributed by atoms with van der Waals surface area (Å²) in [7, 11) is 1.58. The second kappa shape index (κ2) is 8.11. The lowest BCUT2D eigenvalue weighted by atomic mass is 10.0. The minimum Gasteiger partial charge on any atom is -0.465 e. The summed E-state index contributed by atoms with van der Waals surface area (Å²) in [5.74, 6) is 0. The van der Waals surface area contributed by atoms with E-state index in [1.807, 2.05) is 25.7 Å². The van der Waals surface area contributed by atoms with Crippen LogP contribution in [0.2, 0.25) is 0 Å². The summed E-state index contributed by atoms with van der Waals surface area (Å²) in [6, 6.07) is 3.08. The molecule has 0 bridgehead atoms. The Morgan fingerprint density at radius 1 is 1.48 bits per heavy atom. The number of carbonyl (C=O) groups is 1. The molecule has 0 radical (unpaired) electrons. The van der Waals surface area contributed by atoms with E-state index in [1.165, 1.54) is 22.3 Å². The highest BCUT2D eigenvalue weighted by Gasteiger charge is 2.37. The lowest BCUT2D eigenvalue weighted by Gasteiger charge is -2.37. The fourth-order valence-corrected chi connectivity index (χ4v) is 4.74. The van der Waals surface area contributed by atoms with Gasteiger partial charge in [0.2, 0.25) is 0 Å². The Morgan fingerprint density at radius 2 is 2.21 bits per heavy atom. The smallest absolute Gasteiger partial charge is 0.407 e. The first kappa shape index (κ1) is 21.3. The second-order valence-electron chi connectivity index (χ2n) is 8.13. The van der Waals surface area contributed by atoms with Gasteiger partial charge in [-0.05, 0) is 39.7 Å². The summed E-state index contributed by atoms with van der Waals surface area (Å²) < 4.78 is 6.02. The van der Waals surface area contributed by atoms with E-state index in [0.717, 1.165) is 22.5 Å². The Kier molecular flexibility index (Phi) is 5.95. The van der Waals surface area contributed by atoms with Crippen molar-refractivity contribution in [1.82, 2.24) is 9.88 Å². The van der Waals surface area contributed by atoms with E-state index in [-0.39, 0.29) is 18.3 Å². The van der Waals surface area contributed by atoms with Gasteiger partial charge in [-0.1, -0.05) is 0 Å². The number of hydrogen-bond donors (Lipinski definition) is 1. The topological polar surface area (TPSA) is 109 Å². The molecule has 0 unspecified atom stereocenters. The van der Waals surface area contributed by atoms with Crippen molar-refractivity contribution in [1.29, 1.82) is 0 Å². The fourth-order valence-electron chi connectivity index (χ4n) is 3.80. The second-order valence-corrected chi connectivity index (χ2v) is 9.25. The van der Waals surface area contributed by atoms with Crippen LogP contribution in [0, 0.1) is 10.1 Å². The van der Waals surface area contributed by atoms with E-state index >= 15 is 0 Å². The van der Waals surface area contributed by atoms with E-state index in [1.54, 1.807) is 13.2 Å². The highest BCUT2D eigenvalue weighted by Crippen LogP contribution is 2.41. The first-order valence-electron chi connectivity index (χ1n) is 9.46. The summed E-state index contributed by atoms with van der Waals surface area (Å²) in [6.45, 7) is 6.79. The molecule has 1 aromatic carbocycles. The van der Waals surface area contributed by atoms with Gasteiger partial charge in [0, 0.05) is 37.8 Å². The van der Waals surface area contributed by atoms with Crippen LogP contribution in [-0.2, 0) is 11.3 Å². The molecule has 1 aliphatic heterocycles. The van der Waals surface area contributed by atoms with Crippen molar-refractivity contribution in [3.05, 3.63) is 27.3 Å². The van der Waals surface area contributed by atoms with E-state index in [0.29, 0.717) is 24.4 Å². The van der Waals surface area contributed by atoms with Crippen LogP contribution in [0.4, 0.5) is 16.2 Å². The van der Waals surface area contributed by atoms with Gasteiger partial charge in [-0.25, -0.2) is 9.78 Å². The van der Waals surface area contributed by atoms with Gasteiger partial charge in [0.1, 0.15) is 16.2 Å². The molecule has 1 aliphatic rings. The van der Waals surface area contributed by atoms with E-state index < -0.39 is 16.6 Å². The number of methoxy groups -OCH3 is 1. The minimum atomic E-state index is -0.993. The van der Waals surface area contributed by atoms with Gasteiger partial charge in [-0.2, -0.15) is 0 Å². The summed E-state index contributed by atoms with van der Waals surface area (Å²) in [5.41, 5.74) is 0.495. The van der Waals surface area contributed by atoms with Gasteiger partial charge in [-0.15, -0.1) is 11.3 Å². The molecule has 3 rings (SSSR count). The average molecular weight is 423 g/mol. The van der Waals surface area contributed by atoms with Crippen molar-refractivity contribution in [3.63, 3.8) is 0 Å². The molecule has 1 N–H and O–H groups in total. The number of hydrogen-bond acceptors (Lipinski definition) is 7. The van der Waals surface area contributed by atoms with Crippen LogP contribution in [0.25, 0.3) is 10.2 Å². The molecular formula is C19H26N4O5S. The quantitative estimate of drug-likeness (QED) is 0.551. The number of nitro groups is 1. The molecule has 10 heteroatoms. The summed E-state index contributed by atoms with van der Waals surface area (Å²) >= 11 is 1.45. The predicted octanol–water partition coefficient (Wildman–Crippen LogP) is 4.10. The SMILES string of the molecule is COCc1nc2c(N3CCC[C@H]3CN(C(=O)O)C(C)(C)C)c([N+](=O)[O-])ccc2s1. The van der Waals surface area contributed by atoms with Crippen LogP contribution in [-0.4, -0.2) is 57.8 Å². The normalized spacial score (nSPS) is 17.1. The third-order valence-corrected chi connectivity index (χ3v) is 6.11. The first-order chi connectivity index (χ1) is 13.6. The molecule has 1 amide bonds. The predicted molar refractivity (Wildman–Crippen MR) is 112 cm³/mol. The van der Waals surface area contributed by atoms with Crippen molar-refractivity contribution in [2.24, 2.45) is 0 Å². The molecular weight excluding hydrogens is 396 g/mol. The number of amides is 1. The zero-order valence-corrected chi connectivity index (χ0v) is 17.9. The number of ether oxygens (including phenoxy) is 1. The maximum absolute atomic E-state index is 11.8. The van der Waals surface area contributed by atoms with Crippen LogP contribution < -0.4 is 4.90 Å². The number of benzene rings is 1. The number of rotatable bonds is 6. The molecule has 1 fully saturated rings. The third-order valence-electron chi connectivity index (χ3n) is 5.12. The van der Waals surface area contributed by atoms with Crippen LogP contribution in [0.5, 0.6) is 0 Å². The van der Waals surface area contributed by atoms with Gasteiger partial charge >= 0.3 is 6.09 Å². The van der Waals surface area contributed by atoms with Crippen molar-refractivity contribution in [3.8, 4) is 0 Å². The van der Waals surface area contributed by atoms with Crippen molar-refractivity contribution >= 4 is 39.0 Å². The Hall–Kier alpha value is -2.46. The Labute approximate surface area is 173 Å². The third kappa shape index (κ3) is 4.27. The Morgan fingerprint density at radius 3 is 2.79 bits per heavy atom. The molecule has 1 atom stereocenters. The zero-order chi connectivity index (χ0) is 21.3. The number of nitrogens with zero attached hydrogens (tertiary/aromatic N) is 4. The largest absolute Gasteiger partial charge is 0.465 e. The van der Waals surface area contributed by atoms with Crippen LogP contribution in [0.1, 0.15) is 38.6 Å². The van der Waals surface area contributed by atoms with Crippen molar-refractivity contribution in [2.75, 3.05) is 25.1 Å². The average Bonchev–Trinajstić information content (AvgIpc) is 3.23. The lowest BCUT2D eigenvalue weighted by molar-refractivity contribution is -0.384. The molecule has 0 saturated carbocycles. The summed E-state index contributed by atoms with van der Waals surface area (Å²) in [4.78, 5) is 31.2.